The van der Waals surface area contributed by atoms with Crippen molar-refractivity contribution in [3.8, 4) is 5.75 Å². The van der Waals surface area contributed by atoms with E-state index in [1.165, 1.54) is 4.90 Å². The Balaban J connectivity index is 1.74. The van der Waals surface area contributed by atoms with Gasteiger partial charge >= 0.3 is 0 Å². The summed E-state index contributed by atoms with van der Waals surface area (Å²) in [6.07, 6.45) is 0.735. The molecule has 192 valence electrons. The lowest BCUT2D eigenvalue weighted by molar-refractivity contribution is -0.123. The number of anilines is 2. The van der Waals surface area contributed by atoms with E-state index in [4.69, 9.17) is 32.9 Å². The van der Waals surface area contributed by atoms with Crippen LogP contribution >= 0.6 is 23.2 Å². The summed E-state index contributed by atoms with van der Waals surface area (Å²) in [5.41, 5.74) is 3.10. The van der Waals surface area contributed by atoms with E-state index in [1.807, 2.05) is 39.0 Å². The molecule has 1 aliphatic rings. The maximum absolute atomic E-state index is 13.9. The first-order chi connectivity index (χ1) is 17.8. The highest BCUT2D eigenvalue weighted by atomic mass is 35.5. The van der Waals surface area contributed by atoms with E-state index in [1.54, 1.807) is 48.5 Å². The van der Waals surface area contributed by atoms with Crippen molar-refractivity contribution in [1.82, 2.24) is 0 Å². The van der Waals surface area contributed by atoms with Gasteiger partial charge in [-0.1, -0.05) is 61.7 Å². The van der Waals surface area contributed by atoms with Crippen molar-refractivity contribution in [2.75, 3.05) is 23.4 Å². The van der Waals surface area contributed by atoms with Crippen molar-refractivity contribution in [3.05, 3.63) is 87.9 Å². The molecule has 2 atom stereocenters. The van der Waals surface area contributed by atoms with Crippen molar-refractivity contribution >= 4 is 52.1 Å². The van der Waals surface area contributed by atoms with E-state index in [-0.39, 0.29) is 24.3 Å². The smallest absolute Gasteiger partial charge is 0.252 e. The number of aliphatic imine (C=N–C) groups is 1. The van der Waals surface area contributed by atoms with E-state index < -0.39 is 6.04 Å². The standard InChI is InChI=1S/C29H29Cl2N3O3/c1-4-18(3)27-29(36)34(17-26(35)32-20-11-13-21(14-12-20)37-5-2)25-15-10-19(30)16-23(25)28(33-27)22-8-6-7-9-24(22)31/h6-16,18,27H,4-5,17H2,1-3H3,(H,32,35). The number of halogens is 2. The molecule has 1 N–H and O–H groups in total. The van der Waals surface area contributed by atoms with Crippen molar-refractivity contribution in [3.63, 3.8) is 0 Å². The Morgan fingerprint density at radius 1 is 1.05 bits per heavy atom. The normalized spacial score (nSPS) is 15.9. The zero-order valence-corrected chi connectivity index (χ0v) is 22.5. The summed E-state index contributed by atoms with van der Waals surface area (Å²) in [5.74, 6) is 0.0745. The molecule has 0 spiro atoms. The average molecular weight is 538 g/mol. The predicted molar refractivity (Wildman–Crippen MR) is 150 cm³/mol. The van der Waals surface area contributed by atoms with E-state index in [2.05, 4.69) is 5.32 Å². The third kappa shape index (κ3) is 5.97. The number of hydrogen-bond acceptors (Lipinski definition) is 4. The summed E-state index contributed by atoms with van der Waals surface area (Å²) < 4.78 is 5.47. The van der Waals surface area contributed by atoms with Crippen LogP contribution in [0.2, 0.25) is 10.0 Å². The second kappa shape index (κ2) is 11.8. The zero-order valence-electron chi connectivity index (χ0n) is 21.0. The largest absolute Gasteiger partial charge is 0.494 e. The summed E-state index contributed by atoms with van der Waals surface area (Å²) in [5, 5.41) is 3.89. The predicted octanol–water partition coefficient (Wildman–Crippen LogP) is 6.63. The van der Waals surface area contributed by atoms with E-state index in [9.17, 15) is 9.59 Å². The molecule has 0 aromatic heterocycles. The van der Waals surface area contributed by atoms with Crippen LogP contribution in [-0.2, 0) is 9.59 Å². The fourth-order valence-electron chi connectivity index (χ4n) is 4.25. The third-order valence-electron chi connectivity index (χ3n) is 6.35. The number of fused-ring (bicyclic) bond motifs is 1. The maximum Gasteiger partial charge on any atom is 0.252 e. The Morgan fingerprint density at radius 2 is 1.78 bits per heavy atom. The minimum absolute atomic E-state index is 0.0635. The fraction of sp³-hybridized carbons (Fsp3) is 0.276. The summed E-state index contributed by atoms with van der Waals surface area (Å²) in [6, 6.07) is 19.0. The van der Waals surface area contributed by atoms with Crippen LogP contribution in [0.25, 0.3) is 0 Å². The highest BCUT2D eigenvalue weighted by Gasteiger charge is 2.36. The van der Waals surface area contributed by atoms with Gasteiger partial charge < -0.3 is 15.0 Å². The molecule has 0 radical (unpaired) electrons. The molecule has 2 unspecified atom stereocenters. The second-order valence-corrected chi connectivity index (χ2v) is 9.72. The molecular formula is C29H29Cl2N3O3. The van der Waals surface area contributed by atoms with Gasteiger partial charge in [0, 0.05) is 26.9 Å². The summed E-state index contributed by atoms with van der Waals surface area (Å²) in [6.45, 7) is 6.28. The van der Waals surface area contributed by atoms with Gasteiger partial charge in [-0.3, -0.25) is 14.6 Å². The van der Waals surface area contributed by atoms with Gasteiger partial charge in [-0.2, -0.15) is 0 Å². The topological polar surface area (TPSA) is 71.0 Å². The Hall–Kier alpha value is -3.35. The lowest BCUT2D eigenvalue weighted by Crippen LogP contribution is -2.44. The van der Waals surface area contributed by atoms with Crippen LogP contribution in [0.5, 0.6) is 5.75 Å². The third-order valence-corrected chi connectivity index (χ3v) is 6.92. The molecule has 4 rings (SSSR count). The number of amides is 2. The van der Waals surface area contributed by atoms with Crippen molar-refractivity contribution in [2.24, 2.45) is 10.9 Å². The molecule has 2 amide bonds. The van der Waals surface area contributed by atoms with Crippen LogP contribution in [0.3, 0.4) is 0 Å². The summed E-state index contributed by atoms with van der Waals surface area (Å²) in [4.78, 5) is 33.5. The highest BCUT2D eigenvalue weighted by molar-refractivity contribution is 6.37. The van der Waals surface area contributed by atoms with E-state index in [0.717, 1.165) is 12.2 Å². The molecule has 3 aromatic carbocycles. The van der Waals surface area contributed by atoms with E-state index >= 15 is 0 Å². The molecule has 0 bridgehead atoms. The van der Waals surface area contributed by atoms with Crippen molar-refractivity contribution in [2.45, 2.75) is 33.2 Å². The van der Waals surface area contributed by atoms with Crippen molar-refractivity contribution in [1.29, 1.82) is 0 Å². The second-order valence-electron chi connectivity index (χ2n) is 8.88. The number of hydrogen-bond donors (Lipinski definition) is 1. The lowest BCUT2D eigenvalue weighted by Gasteiger charge is -2.26. The monoisotopic (exact) mass is 537 g/mol. The van der Waals surface area contributed by atoms with Gasteiger partial charge in [0.25, 0.3) is 5.91 Å². The van der Waals surface area contributed by atoms with Gasteiger partial charge in [0.2, 0.25) is 5.91 Å². The first-order valence-corrected chi connectivity index (χ1v) is 13.0. The minimum Gasteiger partial charge on any atom is -0.494 e. The molecule has 1 heterocycles. The van der Waals surface area contributed by atoms with Crippen molar-refractivity contribution < 1.29 is 14.3 Å². The number of ether oxygens (including phenoxy) is 1. The number of nitrogens with one attached hydrogen (secondary N) is 1. The number of carbonyl (C=O) groups is 2. The van der Waals surface area contributed by atoms with Gasteiger partial charge in [0.15, 0.2) is 0 Å². The summed E-state index contributed by atoms with van der Waals surface area (Å²) >= 11 is 13.0. The molecule has 0 aliphatic carbocycles. The zero-order chi connectivity index (χ0) is 26.5. The number of benzodiazepines with no additional fused rings is 1. The number of rotatable bonds is 8. The Kier molecular flexibility index (Phi) is 8.52. The number of benzene rings is 3. The van der Waals surface area contributed by atoms with Gasteiger partial charge in [-0.15, -0.1) is 0 Å². The molecule has 37 heavy (non-hydrogen) atoms. The van der Waals surface area contributed by atoms with Crippen LogP contribution in [-0.4, -0.2) is 36.7 Å². The lowest BCUT2D eigenvalue weighted by atomic mass is 9.97. The molecule has 0 saturated carbocycles. The molecular weight excluding hydrogens is 509 g/mol. The number of carbonyl (C=O) groups excluding carboxylic acids is 2. The molecule has 3 aromatic rings. The number of nitrogens with zero attached hydrogens (tertiary/aromatic N) is 2. The van der Waals surface area contributed by atoms with Crippen LogP contribution in [0.1, 0.15) is 38.3 Å². The van der Waals surface area contributed by atoms with E-state index in [0.29, 0.717) is 44.9 Å². The van der Waals surface area contributed by atoms with Crippen LogP contribution in [0, 0.1) is 5.92 Å². The Bertz CT molecular complexity index is 1320. The summed E-state index contributed by atoms with van der Waals surface area (Å²) in [7, 11) is 0. The van der Waals surface area contributed by atoms with Gasteiger partial charge in [-0.25, -0.2) is 0 Å². The first-order valence-electron chi connectivity index (χ1n) is 12.3. The fourth-order valence-corrected chi connectivity index (χ4v) is 4.64. The maximum atomic E-state index is 13.9. The first kappa shape index (κ1) is 26.7. The van der Waals surface area contributed by atoms with Crippen LogP contribution in [0.4, 0.5) is 11.4 Å². The average Bonchev–Trinajstić information content (AvgIpc) is 3.00. The highest BCUT2D eigenvalue weighted by Crippen LogP contribution is 2.34. The quantitative estimate of drug-likeness (QED) is 0.350. The van der Waals surface area contributed by atoms with Gasteiger partial charge in [0.05, 0.1) is 18.0 Å². The minimum atomic E-state index is -0.694. The van der Waals surface area contributed by atoms with Crippen LogP contribution in [0.15, 0.2) is 71.7 Å². The molecule has 0 fully saturated rings. The molecule has 8 heteroatoms. The van der Waals surface area contributed by atoms with Gasteiger partial charge in [0.1, 0.15) is 18.3 Å². The molecule has 6 nitrogen and oxygen atoms in total. The molecule has 0 saturated heterocycles. The Labute approximate surface area is 227 Å². The molecule has 1 aliphatic heterocycles. The Morgan fingerprint density at radius 3 is 2.46 bits per heavy atom. The SMILES string of the molecule is CCOc1ccc(NC(=O)CN2C(=O)C(C(C)CC)N=C(c3ccccc3Cl)c3cc(Cl)ccc32)cc1. The van der Waals surface area contributed by atoms with Gasteiger partial charge in [-0.05, 0) is 61.4 Å². The van der Waals surface area contributed by atoms with Crippen LogP contribution < -0.4 is 15.0 Å².